The van der Waals surface area contributed by atoms with Gasteiger partial charge in [-0.15, -0.1) is 6.58 Å². The van der Waals surface area contributed by atoms with E-state index in [0.29, 0.717) is 0 Å². The molecule has 1 amide bonds. The maximum atomic E-state index is 12.9. The molecule has 166 valence electrons. The van der Waals surface area contributed by atoms with E-state index >= 15 is 0 Å². The first-order chi connectivity index (χ1) is 13.4. The average molecular weight is 415 g/mol. The van der Waals surface area contributed by atoms with E-state index in [1.54, 1.807) is 40.7 Å². The fourth-order valence-electron chi connectivity index (χ4n) is 3.54. The van der Waals surface area contributed by atoms with Crippen LogP contribution in [0.1, 0.15) is 41.0 Å². The molecule has 2 aliphatic heterocycles. The van der Waals surface area contributed by atoms with E-state index in [-0.39, 0.29) is 13.0 Å². The number of fused-ring (bicyclic) bond motifs is 1. The van der Waals surface area contributed by atoms with Crippen LogP contribution in [0.25, 0.3) is 0 Å². The summed E-state index contributed by atoms with van der Waals surface area (Å²) in [5.74, 6) is -1.31. The van der Waals surface area contributed by atoms with Gasteiger partial charge in [0.05, 0.1) is 19.6 Å². The van der Waals surface area contributed by atoms with Crippen molar-refractivity contribution in [2.45, 2.75) is 83.1 Å². The molecule has 0 aromatic rings. The van der Waals surface area contributed by atoms with Crippen molar-refractivity contribution in [3.63, 3.8) is 0 Å². The van der Waals surface area contributed by atoms with Crippen LogP contribution >= 0.6 is 0 Å². The second-order valence-electron chi connectivity index (χ2n) is 8.54. The molecule has 9 nitrogen and oxygen atoms in total. The average Bonchev–Trinajstić information content (AvgIpc) is 3.07. The Kier molecular flexibility index (Phi) is 7.32. The van der Waals surface area contributed by atoms with Gasteiger partial charge in [0, 0.05) is 13.7 Å². The number of nitrogens with zero attached hydrogens (tertiary/aromatic N) is 1. The Bertz CT molecular complexity index is 614. The van der Waals surface area contributed by atoms with Crippen LogP contribution in [0, 0.1) is 0 Å². The van der Waals surface area contributed by atoms with Crippen LogP contribution in [-0.2, 0) is 33.2 Å². The highest BCUT2D eigenvalue weighted by atomic mass is 16.8. The van der Waals surface area contributed by atoms with Crippen LogP contribution in [0.3, 0.4) is 0 Å². The lowest BCUT2D eigenvalue weighted by atomic mass is 9.99. The van der Waals surface area contributed by atoms with Gasteiger partial charge < -0.3 is 28.4 Å². The van der Waals surface area contributed by atoms with E-state index in [0.717, 1.165) is 0 Å². The molecule has 2 heterocycles. The number of carbonyl (C=O) groups excluding carboxylic acids is 2. The maximum Gasteiger partial charge on any atom is 0.410 e. The Labute approximate surface area is 172 Å². The van der Waals surface area contributed by atoms with E-state index in [2.05, 4.69) is 6.58 Å². The van der Waals surface area contributed by atoms with Crippen LogP contribution in [-0.4, -0.2) is 79.8 Å². The molecule has 0 aromatic carbocycles. The molecule has 0 N–H and O–H groups in total. The van der Waals surface area contributed by atoms with Gasteiger partial charge in [-0.2, -0.15) is 0 Å². The largest absolute Gasteiger partial charge is 0.469 e. The fourth-order valence-corrected chi connectivity index (χ4v) is 3.54. The van der Waals surface area contributed by atoms with Gasteiger partial charge >= 0.3 is 12.1 Å². The summed E-state index contributed by atoms with van der Waals surface area (Å²) in [6, 6.07) is -0.735. The number of esters is 1. The smallest absolute Gasteiger partial charge is 0.410 e. The molecule has 0 radical (unpaired) electrons. The van der Waals surface area contributed by atoms with Gasteiger partial charge in [-0.1, -0.05) is 6.08 Å². The molecule has 2 rings (SSSR count). The SMILES string of the molecule is C=CCN(C(=O)OC(C)(C)C)[C@@H](CC(=O)OC)[C@@H]1O[C@@H]2OC(C)(C)O[C@@H]2[C@H]1OC. The number of amides is 1. The number of hydrogen-bond acceptors (Lipinski definition) is 8. The first-order valence-electron chi connectivity index (χ1n) is 9.63. The van der Waals surface area contributed by atoms with Gasteiger partial charge in [-0.3, -0.25) is 9.69 Å². The number of hydrogen-bond donors (Lipinski definition) is 0. The molecular formula is C20H33NO8. The summed E-state index contributed by atoms with van der Waals surface area (Å²) in [5, 5.41) is 0. The summed E-state index contributed by atoms with van der Waals surface area (Å²) in [6.07, 6.45) is -1.58. The Morgan fingerprint density at radius 1 is 1.24 bits per heavy atom. The summed E-state index contributed by atoms with van der Waals surface area (Å²) < 4.78 is 33.8. The van der Waals surface area contributed by atoms with Crippen molar-refractivity contribution in [3.05, 3.63) is 12.7 Å². The lowest BCUT2D eigenvalue weighted by Crippen LogP contribution is -2.54. The monoisotopic (exact) mass is 415 g/mol. The predicted molar refractivity (Wildman–Crippen MR) is 103 cm³/mol. The number of rotatable bonds is 7. The molecule has 0 unspecified atom stereocenters. The standard InChI is InChI=1S/C20H33NO8/c1-9-10-21(18(23)29-19(2,3)4)12(11-13(22)24-7)14-15(25-8)16-17(26-14)28-20(5,6)27-16/h9,12,14-17H,1,10-11H2,2-8H3/t12-,14-,15-,16+,17+/m0/s1. The lowest BCUT2D eigenvalue weighted by molar-refractivity contribution is -0.223. The molecule has 9 heteroatoms. The molecule has 0 aromatic heterocycles. The zero-order chi connectivity index (χ0) is 22.0. The Hall–Kier alpha value is -1.68. The first kappa shape index (κ1) is 23.6. The van der Waals surface area contributed by atoms with E-state index in [9.17, 15) is 9.59 Å². The van der Waals surface area contributed by atoms with Crippen LogP contribution in [0.15, 0.2) is 12.7 Å². The zero-order valence-electron chi connectivity index (χ0n) is 18.3. The van der Waals surface area contributed by atoms with Gasteiger partial charge in [0.2, 0.25) is 0 Å². The van der Waals surface area contributed by atoms with Gasteiger partial charge in [0.25, 0.3) is 0 Å². The normalized spacial score (nSPS) is 29.1. The molecule has 0 saturated carbocycles. The fraction of sp³-hybridized carbons (Fsp3) is 0.800. The van der Waals surface area contributed by atoms with Crippen LogP contribution in [0.4, 0.5) is 4.79 Å². The van der Waals surface area contributed by atoms with Gasteiger partial charge in [0.1, 0.15) is 23.9 Å². The summed E-state index contributed by atoms with van der Waals surface area (Å²) in [6.45, 7) is 12.7. The summed E-state index contributed by atoms with van der Waals surface area (Å²) in [7, 11) is 2.82. The third kappa shape index (κ3) is 5.69. The zero-order valence-corrected chi connectivity index (χ0v) is 18.3. The van der Waals surface area contributed by atoms with Crippen molar-refractivity contribution in [2.75, 3.05) is 20.8 Å². The van der Waals surface area contributed by atoms with Crippen molar-refractivity contribution in [1.82, 2.24) is 4.90 Å². The van der Waals surface area contributed by atoms with Crippen molar-refractivity contribution in [1.29, 1.82) is 0 Å². The van der Waals surface area contributed by atoms with E-state index in [1.807, 2.05) is 0 Å². The van der Waals surface area contributed by atoms with Crippen LogP contribution in [0.5, 0.6) is 0 Å². The predicted octanol–water partition coefficient (Wildman–Crippen LogP) is 2.23. The second kappa shape index (κ2) is 8.99. The highest BCUT2D eigenvalue weighted by Crippen LogP contribution is 2.40. The Morgan fingerprint density at radius 2 is 1.90 bits per heavy atom. The van der Waals surface area contributed by atoms with E-state index in [4.69, 9.17) is 28.4 Å². The van der Waals surface area contributed by atoms with Crippen molar-refractivity contribution in [2.24, 2.45) is 0 Å². The molecule has 0 spiro atoms. The van der Waals surface area contributed by atoms with Crippen LogP contribution < -0.4 is 0 Å². The molecule has 0 bridgehead atoms. The summed E-state index contributed by atoms with van der Waals surface area (Å²) in [4.78, 5) is 26.5. The number of ether oxygens (including phenoxy) is 6. The summed E-state index contributed by atoms with van der Waals surface area (Å²) in [5.41, 5.74) is -0.712. The van der Waals surface area contributed by atoms with Gasteiger partial charge in [-0.05, 0) is 34.6 Å². The molecule has 29 heavy (non-hydrogen) atoms. The minimum atomic E-state index is -0.819. The highest BCUT2D eigenvalue weighted by Gasteiger charge is 2.58. The number of carbonyl (C=O) groups is 2. The third-order valence-corrected chi connectivity index (χ3v) is 4.64. The quantitative estimate of drug-likeness (QED) is 0.462. The van der Waals surface area contributed by atoms with Crippen molar-refractivity contribution >= 4 is 12.1 Å². The minimum absolute atomic E-state index is 0.114. The lowest BCUT2D eigenvalue weighted by Gasteiger charge is -2.37. The van der Waals surface area contributed by atoms with Crippen molar-refractivity contribution < 1.29 is 38.0 Å². The molecule has 2 aliphatic rings. The molecule has 0 aliphatic carbocycles. The Morgan fingerprint density at radius 3 is 2.41 bits per heavy atom. The molecular weight excluding hydrogens is 382 g/mol. The summed E-state index contributed by atoms with van der Waals surface area (Å²) >= 11 is 0. The molecule has 5 atom stereocenters. The molecule has 2 fully saturated rings. The second-order valence-corrected chi connectivity index (χ2v) is 8.54. The first-order valence-corrected chi connectivity index (χ1v) is 9.63. The van der Waals surface area contributed by atoms with Gasteiger partial charge in [-0.25, -0.2) is 4.79 Å². The topological polar surface area (TPSA) is 92.8 Å². The third-order valence-electron chi connectivity index (χ3n) is 4.64. The molecule has 2 saturated heterocycles. The van der Waals surface area contributed by atoms with Gasteiger partial charge in [0.15, 0.2) is 12.1 Å². The highest BCUT2D eigenvalue weighted by molar-refractivity contribution is 5.73. The maximum absolute atomic E-state index is 12.9. The Balaban J connectivity index is 2.34. The minimum Gasteiger partial charge on any atom is -0.469 e. The van der Waals surface area contributed by atoms with Crippen LogP contribution in [0.2, 0.25) is 0 Å². The van der Waals surface area contributed by atoms with Crippen molar-refractivity contribution in [3.8, 4) is 0 Å². The van der Waals surface area contributed by atoms with E-state index < -0.39 is 54.1 Å². The number of methoxy groups -OCH3 is 2. The van der Waals surface area contributed by atoms with E-state index in [1.165, 1.54) is 19.1 Å².